The number of aryl methyl sites for hydroxylation is 2. The molecule has 5 rings (SSSR count). The van der Waals surface area contributed by atoms with Gasteiger partial charge in [-0.1, -0.05) is 0 Å². The quantitative estimate of drug-likeness (QED) is 0.592. The number of imidazole rings is 1. The first-order chi connectivity index (χ1) is 13.6. The lowest BCUT2D eigenvalue weighted by Crippen LogP contribution is -2.37. The highest BCUT2D eigenvalue weighted by Crippen LogP contribution is 2.26. The minimum Gasteiger partial charge on any atom is -0.356 e. The maximum Gasteiger partial charge on any atom is 0.327 e. The Morgan fingerprint density at radius 3 is 2.82 bits per heavy atom. The highest BCUT2D eigenvalue weighted by Gasteiger charge is 2.23. The Kier molecular flexibility index (Phi) is 3.92. The van der Waals surface area contributed by atoms with E-state index in [-0.39, 0.29) is 5.69 Å². The van der Waals surface area contributed by atoms with Gasteiger partial charge in [0.25, 0.3) is 0 Å². The summed E-state index contributed by atoms with van der Waals surface area (Å²) < 4.78 is 3.72. The van der Waals surface area contributed by atoms with E-state index in [0.29, 0.717) is 12.5 Å². The average Bonchev–Trinajstić information content (AvgIpc) is 3.21. The van der Waals surface area contributed by atoms with Crippen LogP contribution in [0.3, 0.4) is 0 Å². The first kappa shape index (κ1) is 17.0. The molecular formula is C20H23N7O. The van der Waals surface area contributed by atoms with Crippen LogP contribution in [0.1, 0.15) is 24.2 Å². The fourth-order valence-corrected chi connectivity index (χ4v) is 4.18. The standard InChI is InChI=1S/C20H23N7O/c1-13-11-18(27-17(22-13)10-14(2)24-27)25-8-5-15(6-9-25)12-26-19-16(23-20(26)28)4-3-7-21-19/h3-4,7,10-11,15H,5-6,8-9,12H2,1-2H3,(H,23,28). The third-order valence-corrected chi connectivity index (χ3v) is 5.57. The second-order valence-corrected chi connectivity index (χ2v) is 7.66. The molecule has 0 amide bonds. The Bertz CT molecular complexity index is 1210. The molecule has 0 aliphatic carbocycles. The number of nitrogens with one attached hydrogen (secondary N) is 1. The molecular weight excluding hydrogens is 354 g/mol. The van der Waals surface area contributed by atoms with Gasteiger partial charge >= 0.3 is 5.69 Å². The Balaban J connectivity index is 1.36. The molecule has 0 aromatic carbocycles. The van der Waals surface area contributed by atoms with Crippen molar-refractivity contribution in [3.05, 3.63) is 52.3 Å². The summed E-state index contributed by atoms with van der Waals surface area (Å²) in [6.45, 7) is 6.59. The van der Waals surface area contributed by atoms with E-state index in [1.807, 2.05) is 36.6 Å². The summed E-state index contributed by atoms with van der Waals surface area (Å²) >= 11 is 0. The number of aromatic nitrogens is 6. The lowest BCUT2D eigenvalue weighted by Gasteiger charge is -2.33. The van der Waals surface area contributed by atoms with Crippen LogP contribution in [0.5, 0.6) is 0 Å². The van der Waals surface area contributed by atoms with Crippen molar-refractivity contribution >= 4 is 22.6 Å². The monoisotopic (exact) mass is 377 g/mol. The van der Waals surface area contributed by atoms with Crippen LogP contribution in [-0.2, 0) is 6.54 Å². The van der Waals surface area contributed by atoms with Gasteiger partial charge in [0.2, 0.25) is 0 Å². The number of nitrogens with zero attached hydrogens (tertiary/aromatic N) is 6. The van der Waals surface area contributed by atoms with Crippen molar-refractivity contribution in [2.45, 2.75) is 33.2 Å². The molecule has 0 bridgehead atoms. The molecule has 0 spiro atoms. The zero-order valence-corrected chi connectivity index (χ0v) is 16.1. The van der Waals surface area contributed by atoms with Crippen LogP contribution in [0.25, 0.3) is 16.8 Å². The van der Waals surface area contributed by atoms with Gasteiger partial charge in [-0.2, -0.15) is 9.61 Å². The van der Waals surface area contributed by atoms with Gasteiger partial charge < -0.3 is 9.88 Å². The minimum atomic E-state index is -0.0744. The third-order valence-electron chi connectivity index (χ3n) is 5.57. The highest BCUT2D eigenvalue weighted by atomic mass is 16.1. The molecule has 0 radical (unpaired) electrons. The number of hydrogen-bond acceptors (Lipinski definition) is 5. The fourth-order valence-electron chi connectivity index (χ4n) is 4.18. The molecule has 8 heteroatoms. The van der Waals surface area contributed by atoms with E-state index in [1.54, 1.807) is 10.8 Å². The lowest BCUT2D eigenvalue weighted by atomic mass is 9.96. The van der Waals surface area contributed by atoms with Crippen molar-refractivity contribution in [3.63, 3.8) is 0 Å². The third kappa shape index (κ3) is 2.85. The number of piperidine rings is 1. The lowest BCUT2D eigenvalue weighted by molar-refractivity contribution is 0.354. The Labute approximate surface area is 161 Å². The number of fused-ring (bicyclic) bond motifs is 2. The van der Waals surface area contributed by atoms with Crippen LogP contribution in [0, 0.1) is 19.8 Å². The molecule has 5 heterocycles. The first-order valence-electron chi connectivity index (χ1n) is 9.71. The first-order valence-corrected chi connectivity index (χ1v) is 9.71. The van der Waals surface area contributed by atoms with Crippen molar-refractivity contribution in [1.82, 2.24) is 29.1 Å². The largest absolute Gasteiger partial charge is 0.356 e. The molecule has 144 valence electrons. The van der Waals surface area contributed by atoms with Crippen LogP contribution < -0.4 is 10.6 Å². The number of hydrogen-bond donors (Lipinski definition) is 1. The maximum absolute atomic E-state index is 12.3. The normalized spacial score (nSPS) is 15.7. The molecule has 1 fully saturated rings. The van der Waals surface area contributed by atoms with E-state index in [0.717, 1.165) is 59.9 Å². The molecule has 0 atom stereocenters. The summed E-state index contributed by atoms with van der Waals surface area (Å²) in [6.07, 6.45) is 3.78. The van der Waals surface area contributed by atoms with Gasteiger partial charge in [-0.15, -0.1) is 0 Å². The van der Waals surface area contributed by atoms with E-state index in [1.165, 1.54) is 0 Å². The molecule has 4 aromatic rings. The van der Waals surface area contributed by atoms with Crippen LogP contribution in [-0.4, -0.2) is 42.2 Å². The van der Waals surface area contributed by atoms with E-state index < -0.39 is 0 Å². The van der Waals surface area contributed by atoms with Crippen LogP contribution in [0.2, 0.25) is 0 Å². The Morgan fingerprint density at radius 2 is 2.00 bits per heavy atom. The molecule has 1 N–H and O–H groups in total. The second-order valence-electron chi connectivity index (χ2n) is 7.66. The molecule has 28 heavy (non-hydrogen) atoms. The number of aromatic amines is 1. The van der Waals surface area contributed by atoms with Crippen LogP contribution in [0.4, 0.5) is 5.82 Å². The summed E-state index contributed by atoms with van der Waals surface area (Å²) in [4.78, 5) is 26.6. The van der Waals surface area contributed by atoms with E-state index in [2.05, 4.69) is 31.0 Å². The minimum absolute atomic E-state index is 0.0744. The zero-order valence-electron chi connectivity index (χ0n) is 16.1. The second kappa shape index (κ2) is 6.47. The number of H-pyrrole nitrogens is 1. The summed E-state index contributed by atoms with van der Waals surface area (Å²) in [6, 6.07) is 7.86. The Morgan fingerprint density at radius 1 is 1.18 bits per heavy atom. The molecule has 1 saturated heterocycles. The van der Waals surface area contributed by atoms with Crippen molar-refractivity contribution < 1.29 is 0 Å². The fraction of sp³-hybridized carbons (Fsp3) is 0.400. The number of anilines is 1. The summed E-state index contributed by atoms with van der Waals surface area (Å²) in [5.74, 6) is 1.55. The van der Waals surface area contributed by atoms with Crippen LogP contribution >= 0.6 is 0 Å². The van der Waals surface area contributed by atoms with Gasteiger partial charge in [0, 0.05) is 43.7 Å². The van der Waals surface area contributed by atoms with E-state index >= 15 is 0 Å². The van der Waals surface area contributed by atoms with Gasteiger partial charge in [-0.3, -0.25) is 4.57 Å². The van der Waals surface area contributed by atoms with Crippen molar-refractivity contribution in [2.24, 2.45) is 5.92 Å². The highest BCUT2D eigenvalue weighted by molar-refractivity contribution is 5.69. The summed E-state index contributed by atoms with van der Waals surface area (Å²) in [5.41, 5.74) is 4.34. The SMILES string of the molecule is Cc1cc(N2CCC(Cn3c(=O)[nH]c4cccnc43)CC2)n2nc(C)cc2n1. The van der Waals surface area contributed by atoms with E-state index in [4.69, 9.17) is 0 Å². The van der Waals surface area contributed by atoms with Crippen molar-refractivity contribution in [3.8, 4) is 0 Å². The molecule has 0 saturated carbocycles. The zero-order chi connectivity index (χ0) is 19.3. The molecule has 8 nitrogen and oxygen atoms in total. The summed E-state index contributed by atoms with van der Waals surface area (Å²) in [5, 5.41) is 4.61. The van der Waals surface area contributed by atoms with E-state index in [9.17, 15) is 4.79 Å². The van der Waals surface area contributed by atoms with Gasteiger partial charge in [-0.05, 0) is 44.7 Å². The van der Waals surface area contributed by atoms with Crippen LogP contribution in [0.15, 0.2) is 35.3 Å². The number of pyridine rings is 1. The molecule has 4 aromatic heterocycles. The molecule has 1 aliphatic rings. The molecule has 1 aliphatic heterocycles. The predicted octanol–water partition coefficient (Wildman–Crippen LogP) is 2.30. The topological polar surface area (TPSA) is 84.1 Å². The van der Waals surface area contributed by atoms with Gasteiger partial charge in [0.05, 0.1) is 11.2 Å². The van der Waals surface area contributed by atoms with Gasteiger partial charge in [0.15, 0.2) is 11.3 Å². The average molecular weight is 377 g/mol. The van der Waals surface area contributed by atoms with Gasteiger partial charge in [-0.25, -0.2) is 14.8 Å². The Hall–Kier alpha value is -3.16. The van der Waals surface area contributed by atoms with Crippen molar-refractivity contribution in [1.29, 1.82) is 0 Å². The smallest absolute Gasteiger partial charge is 0.327 e. The number of rotatable bonds is 3. The van der Waals surface area contributed by atoms with Crippen molar-refractivity contribution in [2.75, 3.05) is 18.0 Å². The maximum atomic E-state index is 12.3. The molecule has 0 unspecified atom stereocenters. The predicted molar refractivity (Wildman–Crippen MR) is 108 cm³/mol. The summed E-state index contributed by atoms with van der Waals surface area (Å²) in [7, 11) is 0. The van der Waals surface area contributed by atoms with Gasteiger partial charge in [0.1, 0.15) is 5.82 Å².